The third kappa shape index (κ3) is 3.62. The van der Waals surface area contributed by atoms with Crippen molar-refractivity contribution in [1.29, 1.82) is 0 Å². The third-order valence-corrected chi connectivity index (χ3v) is 3.86. The lowest BCUT2D eigenvalue weighted by Crippen LogP contribution is -2.17. The number of ether oxygens (including phenoxy) is 1. The molecule has 1 aromatic carbocycles. The number of aliphatic hydroxyl groups is 1. The minimum atomic E-state index is -0.522. The van der Waals surface area contributed by atoms with Crippen LogP contribution in [-0.4, -0.2) is 49.5 Å². The van der Waals surface area contributed by atoms with E-state index in [0.29, 0.717) is 47.3 Å². The predicted octanol–water partition coefficient (Wildman–Crippen LogP) is 1.48. The number of rotatable bonds is 7. The van der Waals surface area contributed by atoms with Gasteiger partial charge in [-0.2, -0.15) is 9.97 Å². The maximum Gasteiger partial charge on any atom is 0.226 e. The fourth-order valence-electron chi connectivity index (χ4n) is 2.50. The largest absolute Gasteiger partial charge is 0.504 e. The normalized spacial score (nSPS) is 12.2. The topological polar surface area (TPSA) is 117 Å². The fourth-order valence-corrected chi connectivity index (χ4v) is 2.50. The predicted molar refractivity (Wildman–Crippen MR) is 98.5 cm³/mol. The van der Waals surface area contributed by atoms with E-state index in [9.17, 15) is 10.2 Å². The van der Waals surface area contributed by atoms with Gasteiger partial charge in [-0.15, -0.1) is 0 Å². The van der Waals surface area contributed by atoms with Gasteiger partial charge in [0.2, 0.25) is 5.95 Å². The number of nitrogens with zero attached hydrogens (tertiary/aromatic N) is 4. The van der Waals surface area contributed by atoms with E-state index in [1.54, 1.807) is 30.0 Å². The summed E-state index contributed by atoms with van der Waals surface area (Å²) in [4.78, 5) is 13.2. The van der Waals surface area contributed by atoms with Crippen LogP contribution in [0, 0.1) is 0 Å². The van der Waals surface area contributed by atoms with E-state index < -0.39 is 6.10 Å². The van der Waals surface area contributed by atoms with Crippen LogP contribution in [0.2, 0.25) is 0 Å². The number of anilines is 2. The number of aromatic nitrogens is 4. The molecule has 9 heteroatoms. The first kappa shape index (κ1) is 17.7. The quantitative estimate of drug-likeness (QED) is 0.502. The summed E-state index contributed by atoms with van der Waals surface area (Å²) < 4.78 is 6.92. The molecule has 26 heavy (non-hydrogen) atoms. The van der Waals surface area contributed by atoms with E-state index in [1.165, 1.54) is 7.11 Å². The zero-order valence-electron chi connectivity index (χ0n) is 14.9. The summed E-state index contributed by atoms with van der Waals surface area (Å²) in [5.74, 6) is 1.42. The van der Waals surface area contributed by atoms with Crippen LogP contribution >= 0.6 is 0 Å². The Morgan fingerprint density at radius 1 is 1.27 bits per heavy atom. The zero-order valence-corrected chi connectivity index (χ0v) is 14.9. The van der Waals surface area contributed by atoms with Crippen LogP contribution in [0.3, 0.4) is 0 Å². The summed E-state index contributed by atoms with van der Waals surface area (Å²) >= 11 is 0. The van der Waals surface area contributed by atoms with Crippen LogP contribution in [0.5, 0.6) is 11.5 Å². The number of methoxy groups -OCH3 is 1. The molecule has 2 aromatic heterocycles. The van der Waals surface area contributed by atoms with Gasteiger partial charge in [-0.05, 0) is 13.0 Å². The number of hydrogen-bond acceptors (Lipinski definition) is 8. The Kier molecular flexibility index (Phi) is 5.08. The second-order valence-electron chi connectivity index (χ2n) is 5.97. The molecular formula is C17H22N6O3. The summed E-state index contributed by atoms with van der Waals surface area (Å²) in [5.41, 5.74) is 1.95. The number of hydrogen-bond donors (Lipinski definition) is 4. The molecule has 2 heterocycles. The van der Waals surface area contributed by atoms with Gasteiger partial charge >= 0.3 is 0 Å². The van der Waals surface area contributed by atoms with Gasteiger partial charge in [-0.3, -0.25) is 0 Å². The maximum absolute atomic E-state index is 10.2. The van der Waals surface area contributed by atoms with Crippen molar-refractivity contribution in [3.05, 3.63) is 30.1 Å². The number of aliphatic hydroxyl groups excluding tert-OH is 1. The van der Waals surface area contributed by atoms with Crippen molar-refractivity contribution >= 4 is 22.9 Å². The van der Waals surface area contributed by atoms with E-state index in [-0.39, 0.29) is 5.75 Å². The van der Waals surface area contributed by atoms with Crippen molar-refractivity contribution < 1.29 is 14.9 Å². The minimum Gasteiger partial charge on any atom is -0.504 e. The Labute approximate surface area is 150 Å². The summed E-state index contributed by atoms with van der Waals surface area (Å²) in [7, 11) is 3.35. The zero-order chi connectivity index (χ0) is 18.7. The van der Waals surface area contributed by atoms with Gasteiger partial charge in [0.25, 0.3) is 0 Å². The van der Waals surface area contributed by atoms with Crippen molar-refractivity contribution in [3.8, 4) is 11.5 Å². The Morgan fingerprint density at radius 3 is 2.81 bits per heavy atom. The molecule has 3 rings (SSSR count). The number of aryl methyl sites for hydroxylation is 1. The average molecular weight is 358 g/mol. The van der Waals surface area contributed by atoms with Crippen molar-refractivity contribution in [3.63, 3.8) is 0 Å². The molecule has 0 saturated heterocycles. The van der Waals surface area contributed by atoms with E-state index >= 15 is 0 Å². The SMILES string of the molecule is COc1cccc(CNc2nc(NCC(C)O)nc3c2ncn3C)c1O. The number of aromatic hydroxyl groups is 1. The third-order valence-electron chi connectivity index (χ3n) is 3.86. The Morgan fingerprint density at radius 2 is 2.08 bits per heavy atom. The molecule has 0 spiro atoms. The van der Waals surface area contributed by atoms with Crippen molar-refractivity contribution in [2.75, 3.05) is 24.3 Å². The van der Waals surface area contributed by atoms with Gasteiger partial charge in [-0.1, -0.05) is 12.1 Å². The summed E-state index contributed by atoms with van der Waals surface area (Å²) in [6.45, 7) is 2.35. The number of nitrogens with one attached hydrogen (secondary N) is 2. The lowest BCUT2D eigenvalue weighted by Gasteiger charge is -2.12. The van der Waals surface area contributed by atoms with Crippen LogP contribution in [-0.2, 0) is 13.6 Å². The lowest BCUT2D eigenvalue weighted by atomic mass is 10.2. The van der Waals surface area contributed by atoms with Crippen LogP contribution in [0.1, 0.15) is 12.5 Å². The molecule has 4 N–H and O–H groups in total. The number of para-hydroxylation sites is 1. The Bertz CT molecular complexity index is 909. The first-order valence-electron chi connectivity index (χ1n) is 8.19. The first-order valence-corrected chi connectivity index (χ1v) is 8.19. The van der Waals surface area contributed by atoms with E-state index in [0.717, 1.165) is 0 Å². The number of fused-ring (bicyclic) bond motifs is 1. The van der Waals surface area contributed by atoms with Crippen LogP contribution < -0.4 is 15.4 Å². The minimum absolute atomic E-state index is 0.0845. The number of phenols is 1. The maximum atomic E-state index is 10.2. The van der Waals surface area contributed by atoms with Gasteiger partial charge < -0.3 is 30.2 Å². The molecule has 9 nitrogen and oxygen atoms in total. The molecule has 0 amide bonds. The monoisotopic (exact) mass is 358 g/mol. The van der Waals surface area contributed by atoms with Crippen LogP contribution in [0.4, 0.5) is 11.8 Å². The smallest absolute Gasteiger partial charge is 0.226 e. The molecule has 0 fully saturated rings. The molecule has 1 atom stereocenters. The Balaban J connectivity index is 1.89. The molecule has 0 radical (unpaired) electrons. The highest BCUT2D eigenvalue weighted by Gasteiger charge is 2.14. The van der Waals surface area contributed by atoms with Gasteiger partial charge in [-0.25, -0.2) is 4.98 Å². The first-order chi connectivity index (χ1) is 12.5. The lowest BCUT2D eigenvalue weighted by molar-refractivity contribution is 0.208. The molecule has 0 aliphatic carbocycles. The highest BCUT2D eigenvalue weighted by Crippen LogP contribution is 2.30. The van der Waals surface area contributed by atoms with Crippen molar-refractivity contribution in [2.24, 2.45) is 7.05 Å². The second kappa shape index (κ2) is 7.44. The van der Waals surface area contributed by atoms with Gasteiger partial charge in [0, 0.05) is 25.7 Å². The van der Waals surface area contributed by atoms with Crippen molar-refractivity contribution in [2.45, 2.75) is 19.6 Å². The molecule has 138 valence electrons. The van der Waals surface area contributed by atoms with Crippen molar-refractivity contribution in [1.82, 2.24) is 19.5 Å². The molecule has 0 aliphatic heterocycles. The van der Waals surface area contributed by atoms with Gasteiger partial charge in [0.15, 0.2) is 28.5 Å². The van der Waals surface area contributed by atoms with E-state index in [4.69, 9.17) is 4.74 Å². The average Bonchev–Trinajstić information content (AvgIpc) is 3.00. The number of benzene rings is 1. The molecule has 0 bridgehead atoms. The Hall–Kier alpha value is -3.07. The fraction of sp³-hybridized carbons (Fsp3) is 0.353. The standard InChI is InChI=1S/C17H22N6O3/c1-10(24)7-19-17-21-15(13-16(22-17)23(2)9-20-13)18-8-11-5-4-6-12(26-3)14(11)25/h4-6,9-10,24-25H,7-8H2,1-3H3,(H2,18,19,21,22). The molecular weight excluding hydrogens is 336 g/mol. The molecule has 0 saturated carbocycles. The summed E-state index contributed by atoms with van der Waals surface area (Å²) in [5, 5.41) is 25.9. The van der Waals surface area contributed by atoms with Gasteiger partial charge in [0.1, 0.15) is 0 Å². The summed E-state index contributed by atoms with van der Waals surface area (Å²) in [6, 6.07) is 5.30. The molecule has 1 unspecified atom stereocenters. The van der Waals surface area contributed by atoms with Crippen LogP contribution in [0.25, 0.3) is 11.2 Å². The number of phenolic OH excluding ortho intramolecular Hbond substituents is 1. The second-order valence-corrected chi connectivity index (χ2v) is 5.97. The molecule has 0 aliphatic rings. The number of imidazole rings is 1. The van der Waals surface area contributed by atoms with E-state index in [1.807, 2.05) is 13.1 Å². The van der Waals surface area contributed by atoms with Crippen LogP contribution in [0.15, 0.2) is 24.5 Å². The summed E-state index contributed by atoms with van der Waals surface area (Å²) in [6.07, 6.45) is 1.14. The van der Waals surface area contributed by atoms with E-state index in [2.05, 4.69) is 25.6 Å². The highest BCUT2D eigenvalue weighted by atomic mass is 16.5. The van der Waals surface area contributed by atoms with Gasteiger partial charge in [0.05, 0.1) is 19.5 Å². The molecule has 3 aromatic rings. The highest BCUT2D eigenvalue weighted by molar-refractivity contribution is 5.84.